The molecule has 7 rings (SSSR count). The summed E-state index contributed by atoms with van der Waals surface area (Å²) in [4.78, 5) is 34.1. The number of rotatable bonds is 4. The molecule has 222 valence electrons. The number of fused-ring (bicyclic) bond motifs is 1. The molecule has 12 heteroatoms. The predicted octanol–water partition coefficient (Wildman–Crippen LogP) is 4.75. The third-order valence-electron chi connectivity index (χ3n) is 9.08. The average molecular weight is 590 g/mol. The molecule has 0 radical (unpaired) electrons. The molecule has 43 heavy (non-hydrogen) atoms. The van der Waals surface area contributed by atoms with Crippen LogP contribution < -0.4 is 0 Å². The Hall–Kier alpha value is -4.48. The van der Waals surface area contributed by atoms with Crippen LogP contribution in [0, 0.1) is 0 Å². The van der Waals surface area contributed by atoms with Crippen molar-refractivity contribution in [3.8, 4) is 5.69 Å². The molecule has 0 saturated heterocycles. The largest absolute Gasteiger partial charge is 0.437 e. The van der Waals surface area contributed by atoms with Gasteiger partial charge < -0.3 is 9.80 Å². The standard InChI is InChI=1S/C31H30F3N7O2/c1-3-26(42)39-13-11-22-27-23(41(36-22)21-9-7-19(8-10-21)18-5-4-6-18)12-14-40(25(27)17-39)30(43)20-15-24-28(35-16-20)29(31(32,33)34)37-38(24)2/h3,7-10,15-16,18,25H,1,4-6,11-14,17H2,2H3. The number of carbonyl (C=O) groups excluding carboxylic acids is 2. The lowest BCUT2D eigenvalue weighted by Crippen LogP contribution is -2.45. The maximum Gasteiger partial charge on any atom is 0.437 e. The smallest absolute Gasteiger partial charge is 0.336 e. The fourth-order valence-corrected chi connectivity index (χ4v) is 6.62. The van der Waals surface area contributed by atoms with Crippen LogP contribution in [0.2, 0.25) is 0 Å². The Morgan fingerprint density at radius 3 is 2.51 bits per heavy atom. The third-order valence-corrected chi connectivity index (χ3v) is 9.08. The highest BCUT2D eigenvalue weighted by atomic mass is 19.4. The molecule has 3 aliphatic rings. The number of hydrogen-bond donors (Lipinski definition) is 0. The van der Waals surface area contributed by atoms with Crippen LogP contribution in [-0.4, -0.2) is 65.8 Å². The van der Waals surface area contributed by atoms with E-state index in [2.05, 4.69) is 40.9 Å². The lowest BCUT2D eigenvalue weighted by Gasteiger charge is -2.37. The number of aryl methyl sites for hydroxylation is 1. The van der Waals surface area contributed by atoms with Gasteiger partial charge in [0.05, 0.1) is 34.2 Å². The Labute approximate surface area is 245 Å². The molecule has 3 aromatic heterocycles. The van der Waals surface area contributed by atoms with Crippen LogP contribution in [0.4, 0.5) is 13.2 Å². The molecule has 5 heterocycles. The summed E-state index contributed by atoms with van der Waals surface area (Å²) in [6.45, 7) is 4.66. The molecule has 1 unspecified atom stereocenters. The molecule has 1 aliphatic carbocycles. The minimum absolute atomic E-state index is 0.110. The van der Waals surface area contributed by atoms with Gasteiger partial charge in [0, 0.05) is 51.3 Å². The van der Waals surface area contributed by atoms with Crippen LogP contribution in [0.15, 0.2) is 49.2 Å². The van der Waals surface area contributed by atoms with Crippen molar-refractivity contribution in [2.75, 3.05) is 19.6 Å². The number of carbonyl (C=O) groups is 2. The molecule has 1 aromatic carbocycles. The fraction of sp³-hybridized carbons (Fsp3) is 0.387. The van der Waals surface area contributed by atoms with E-state index in [-0.39, 0.29) is 35.0 Å². The van der Waals surface area contributed by atoms with Gasteiger partial charge in [-0.15, -0.1) is 0 Å². The Kier molecular flexibility index (Phi) is 6.40. The van der Waals surface area contributed by atoms with Gasteiger partial charge in [-0.05, 0) is 48.6 Å². The summed E-state index contributed by atoms with van der Waals surface area (Å²) in [5.41, 5.74) is 3.91. The number of benzene rings is 1. The predicted molar refractivity (Wildman–Crippen MR) is 152 cm³/mol. The Bertz CT molecular complexity index is 1770. The molecular formula is C31H30F3N7O2. The van der Waals surface area contributed by atoms with E-state index in [1.807, 2.05) is 4.68 Å². The topological polar surface area (TPSA) is 89.2 Å². The van der Waals surface area contributed by atoms with Gasteiger partial charge in [-0.2, -0.15) is 23.4 Å². The lowest BCUT2D eigenvalue weighted by molar-refractivity contribution is -0.140. The zero-order chi connectivity index (χ0) is 30.0. The second-order valence-electron chi connectivity index (χ2n) is 11.5. The summed E-state index contributed by atoms with van der Waals surface area (Å²) in [5.74, 6) is 0.0113. The molecular weight excluding hydrogens is 559 g/mol. The zero-order valence-corrected chi connectivity index (χ0v) is 23.6. The highest BCUT2D eigenvalue weighted by Crippen LogP contribution is 2.40. The minimum Gasteiger partial charge on any atom is -0.336 e. The Morgan fingerprint density at radius 1 is 1.07 bits per heavy atom. The van der Waals surface area contributed by atoms with Gasteiger partial charge in [-0.25, -0.2) is 4.68 Å². The first-order valence-corrected chi connectivity index (χ1v) is 14.5. The van der Waals surface area contributed by atoms with Crippen LogP contribution in [0.25, 0.3) is 16.7 Å². The molecule has 0 spiro atoms. The van der Waals surface area contributed by atoms with Gasteiger partial charge in [0.1, 0.15) is 5.52 Å². The van der Waals surface area contributed by atoms with Crippen molar-refractivity contribution >= 4 is 22.8 Å². The molecule has 2 amide bonds. The van der Waals surface area contributed by atoms with Crippen molar-refractivity contribution < 1.29 is 22.8 Å². The van der Waals surface area contributed by atoms with Crippen LogP contribution >= 0.6 is 0 Å². The van der Waals surface area contributed by atoms with E-state index in [0.29, 0.717) is 31.8 Å². The number of alkyl halides is 3. The zero-order valence-electron chi connectivity index (χ0n) is 23.6. The SMILES string of the molecule is C=CC(=O)N1CCc2nn(-c3ccc(C4CCC4)cc3)c3c2C(C1)N(C(=O)c1cnc2c(C(F)(F)F)nn(C)c2c1)CC3. The molecule has 0 bridgehead atoms. The molecule has 1 saturated carbocycles. The van der Waals surface area contributed by atoms with Crippen LogP contribution in [0.3, 0.4) is 0 Å². The Morgan fingerprint density at radius 2 is 1.84 bits per heavy atom. The summed E-state index contributed by atoms with van der Waals surface area (Å²) in [7, 11) is 1.39. The summed E-state index contributed by atoms with van der Waals surface area (Å²) in [6, 6.07) is 9.45. The number of halogens is 3. The highest BCUT2D eigenvalue weighted by Gasteiger charge is 2.41. The first-order valence-electron chi connectivity index (χ1n) is 14.5. The van der Waals surface area contributed by atoms with Gasteiger partial charge in [0.2, 0.25) is 5.91 Å². The molecule has 0 N–H and O–H groups in total. The van der Waals surface area contributed by atoms with Crippen molar-refractivity contribution in [2.45, 2.75) is 50.2 Å². The van der Waals surface area contributed by atoms with Crippen molar-refractivity contribution in [3.05, 3.63) is 83.0 Å². The fourth-order valence-electron chi connectivity index (χ4n) is 6.62. The van der Waals surface area contributed by atoms with Gasteiger partial charge >= 0.3 is 6.18 Å². The van der Waals surface area contributed by atoms with Crippen molar-refractivity contribution in [1.82, 2.24) is 34.3 Å². The number of pyridine rings is 1. The van der Waals surface area contributed by atoms with E-state index in [4.69, 9.17) is 5.10 Å². The number of aromatic nitrogens is 5. The van der Waals surface area contributed by atoms with Crippen molar-refractivity contribution in [2.24, 2.45) is 7.05 Å². The molecule has 4 aromatic rings. The first kappa shape index (κ1) is 27.4. The summed E-state index contributed by atoms with van der Waals surface area (Å²) in [5, 5.41) is 8.60. The lowest BCUT2D eigenvalue weighted by atomic mass is 9.80. The molecule has 1 fully saturated rings. The van der Waals surface area contributed by atoms with Crippen LogP contribution in [0.1, 0.15) is 69.8 Å². The van der Waals surface area contributed by atoms with E-state index in [0.717, 1.165) is 27.3 Å². The second kappa shape index (κ2) is 10.1. The van der Waals surface area contributed by atoms with Gasteiger partial charge in [0.25, 0.3) is 5.91 Å². The highest BCUT2D eigenvalue weighted by molar-refractivity contribution is 5.97. The van der Waals surface area contributed by atoms with E-state index in [9.17, 15) is 22.8 Å². The van der Waals surface area contributed by atoms with E-state index < -0.39 is 17.9 Å². The van der Waals surface area contributed by atoms with Gasteiger partial charge in [-0.3, -0.25) is 19.3 Å². The van der Waals surface area contributed by atoms with E-state index in [1.165, 1.54) is 50.2 Å². The molecule has 1 atom stereocenters. The minimum atomic E-state index is -4.67. The van der Waals surface area contributed by atoms with E-state index in [1.54, 1.807) is 9.80 Å². The first-order chi connectivity index (χ1) is 20.6. The van der Waals surface area contributed by atoms with Crippen molar-refractivity contribution in [3.63, 3.8) is 0 Å². The Balaban J connectivity index is 1.27. The average Bonchev–Trinajstić information content (AvgIpc) is 3.44. The quantitative estimate of drug-likeness (QED) is 0.321. The number of nitrogens with zero attached hydrogens (tertiary/aromatic N) is 7. The maximum atomic E-state index is 14.0. The molecule has 2 aliphatic heterocycles. The van der Waals surface area contributed by atoms with Crippen LogP contribution in [-0.2, 0) is 30.9 Å². The third kappa shape index (κ3) is 4.50. The van der Waals surface area contributed by atoms with E-state index >= 15 is 0 Å². The summed E-state index contributed by atoms with van der Waals surface area (Å²) >= 11 is 0. The van der Waals surface area contributed by atoms with Gasteiger partial charge in [0.15, 0.2) is 5.69 Å². The number of amides is 2. The van der Waals surface area contributed by atoms with Crippen LogP contribution in [0.5, 0.6) is 0 Å². The van der Waals surface area contributed by atoms with Crippen molar-refractivity contribution in [1.29, 1.82) is 0 Å². The number of hydrogen-bond acceptors (Lipinski definition) is 5. The summed E-state index contributed by atoms with van der Waals surface area (Å²) in [6.07, 6.45) is 2.54. The van der Waals surface area contributed by atoms with Gasteiger partial charge in [-0.1, -0.05) is 25.1 Å². The molecule has 9 nitrogen and oxygen atoms in total. The normalized spacial score (nSPS) is 18.7. The summed E-state index contributed by atoms with van der Waals surface area (Å²) < 4.78 is 43.5. The maximum absolute atomic E-state index is 14.0. The second-order valence-corrected chi connectivity index (χ2v) is 11.5. The monoisotopic (exact) mass is 589 g/mol.